The minimum atomic E-state index is -0.403. The first-order chi connectivity index (χ1) is 11.2. The first kappa shape index (κ1) is 14.0. The van der Waals surface area contributed by atoms with Crippen LogP contribution in [0.4, 0.5) is 0 Å². The van der Waals surface area contributed by atoms with Crippen molar-refractivity contribution < 1.29 is 9.59 Å². The topological polar surface area (TPSA) is 34.1 Å². The molecule has 3 heteroatoms. The van der Waals surface area contributed by atoms with Crippen molar-refractivity contribution in [2.24, 2.45) is 0 Å². The Balaban J connectivity index is 1.99. The molecule has 110 valence electrons. The SMILES string of the molecule is O=C1Sc2c(cc(-c3ccccc3)cc2-c2ccccc2)C1=O. The Morgan fingerprint density at radius 1 is 0.609 bits per heavy atom. The summed E-state index contributed by atoms with van der Waals surface area (Å²) in [7, 11) is 0. The van der Waals surface area contributed by atoms with Gasteiger partial charge in [-0.25, -0.2) is 0 Å². The smallest absolute Gasteiger partial charge is 0.264 e. The summed E-state index contributed by atoms with van der Waals surface area (Å²) in [6.45, 7) is 0. The van der Waals surface area contributed by atoms with Crippen molar-refractivity contribution in [2.75, 3.05) is 0 Å². The van der Waals surface area contributed by atoms with Crippen molar-refractivity contribution in [2.45, 2.75) is 4.90 Å². The van der Waals surface area contributed by atoms with Gasteiger partial charge in [0, 0.05) is 10.5 Å². The van der Waals surface area contributed by atoms with Crippen LogP contribution in [0.1, 0.15) is 10.4 Å². The van der Waals surface area contributed by atoms with E-state index in [9.17, 15) is 9.59 Å². The Labute approximate surface area is 138 Å². The number of carbonyl (C=O) groups excluding carboxylic acids is 2. The highest BCUT2D eigenvalue weighted by Gasteiger charge is 2.32. The Morgan fingerprint density at radius 3 is 1.83 bits per heavy atom. The molecule has 0 bridgehead atoms. The van der Waals surface area contributed by atoms with E-state index >= 15 is 0 Å². The molecular formula is C20H12O2S. The molecule has 1 heterocycles. The van der Waals surface area contributed by atoms with E-state index in [1.54, 1.807) is 0 Å². The molecular weight excluding hydrogens is 304 g/mol. The predicted octanol–water partition coefficient (Wildman–Crippen LogP) is 4.84. The summed E-state index contributed by atoms with van der Waals surface area (Å²) < 4.78 is 0. The van der Waals surface area contributed by atoms with Gasteiger partial charge >= 0.3 is 0 Å². The Hall–Kier alpha value is -2.65. The lowest BCUT2D eigenvalue weighted by atomic mass is 9.95. The highest BCUT2D eigenvalue weighted by atomic mass is 32.2. The van der Waals surface area contributed by atoms with E-state index in [0.29, 0.717) is 5.56 Å². The van der Waals surface area contributed by atoms with Crippen LogP contribution in [0.3, 0.4) is 0 Å². The van der Waals surface area contributed by atoms with Crippen LogP contribution in [0, 0.1) is 0 Å². The first-order valence-electron chi connectivity index (χ1n) is 7.29. The van der Waals surface area contributed by atoms with Gasteiger partial charge in [-0.1, -0.05) is 60.7 Å². The Kier molecular flexibility index (Phi) is 3.36. The molecule has 23 heavy (non-hydrogen) atoms. The molecule has 1 aliphatic rings. The van der Waals surface area contributed by atoms with Gasteiger partial charge < -0.3 is 0 Å². The Bertz CT molecular complexity index is 915. The lowest BCUT2D eigenvalue weighted by molar-refractivity contribution is -0.107. The number of ketones is 1. The second-order valence-corrected chi connectivity index (χ2v) is 6.33. The molecule has 4 rings (SSSR count). The predicted molar refractivity (Wildman–Crippen MR) is 92.5 cm³/mol. The zero-order chi connectivity index (χ0) is 15.8. The normalized spacial score (nSPS) is 13.2. The van der Waals surface area contributed by atoms with Gasteiger partial charge in [-0.05, 0) is 46.1 Å². The maximum absolute atomic E-state index is 12.2. The average Bonchev–Trinajstić information content (AvgIpc) is 2.90. The van der Waals surface area contributed by atoms with E-state index in [4.69, 9.17) is 0 Å². The molecule has 0 spiro atoms. The van der Waals surface area contributed by atoms with Crippen LogP contribution >= 0.6 is 11.8 Å². The molecule has 0 saturated heterocycles. The van der Waals surface area contributed by atoms with Crippen molar-refractivity contribution in [3.05, 3.63) is 78.4 Å². The standard InChI is InChI=1S/C20H12O2S/c21-18-17-12-15(13-7-3-1-4-8-13)11-16(19(17)23-20(18)22)14-9-5-2-6-10-14/h1-12H. The highest BCUT2D eigenvalue weighted by molar-refractivity contribution is 8.16. The number of hydrogen-bond acceptors (Lipinski definition) is 3. The van der Waals surface area contributed by atoms with Gasteiger partial charge in [0.15, 0.2) is 0 Å². The van der Waals surface area contributed by atoms with Gasteiger partial charge in [0.2, 0.25) is 5.78 Å². The number of thioether (sulfide) groups is 1. The number of Topliss-reactive ketones (excluding diaryl/α,β-unsaturated/α-hetero) is 1. The fourth-order valence-corrected chi connectivity index (χ4v) is 3.72. The molecule has 0 aliphatic carbocycles. The van der Waals surface area contributed by atoms with Crippen LogP contribution in [0.25, 0.3) is 22.3 Å². The van der Waals surface area contributed by atoms with Crippen LogP contribution in [0.2, 0.25) is 0 Å². The third kappa shape index (κ3) is 2.39. The van der Waals surface area contributed by atoms with Gasteiger partial charge in [0.05, 0.1) is 0 Å². The second-order valence-electron chi connectivity index (χ2n) is 5.35. The van der Waals surface area contributed by atoms with Crippen molar-refractivity contribution in [3.63, 3.8) is 0 Å². The van der Waals surface area contributed by atoms with Gasteiger partial charge in [-0.15, -0.1) is 0 Å². The van der Waals surface area contributed by atoms with Gasteiger partial charge in [-0.2, -0.15) is 0 Å². The van der Waals surface area contributed by atoms with E-state index in [-0.39, 0.29) is 0 Å². The number of carbonyl (C=O) groups is 2. The fraction of sp³-hybridized carbons (Fsp3) is 0. The lowest BCUT2D eigenvalue weighted by Gasteiger charge is -2.11. The monoisotopic (exact) mass is 316 g/mol. The molecule has 1 aliphatic heterocycles. The highest BCUT2D eigenvalue weighted by Crippen LogP contribution is 2.43. The third-order valence-corrected chi connectivity index (χ3v) is 4.92. The van der Waals surface area contributed by atoms with E-state index in [1.807, 2.05) is 66.7 Å². The molecule has 0 amide bonds. The van der Waals surface area contributed by atoms with E-state index in [1.165, 1.54) is 0 Å². The number of rotatable bonds is 2. The van der Waals surface area contributed by atoms with Crippen LogP contribution < -0.4 is 0 Å². The average molecular weight is 316 g/mol. The molecule has 0 unspecified atom stereocenters. The summed E-state index contributed by atoms with van der Waals surface area (Å²) in [5.41, 5.74) is 4.44. The molecule has 2 nitrogen and oxygen atoms in total. The zero-order valence-electron chi connectivity index (χ0n) is 12.2. The molecule has 0 saturated carbocycles. The largest absolute Gasteiger partial charge is 0.284 e. The maximum Gasteiger partial charge on any atom is 0.264 e. The number of hydrogen-bond donors (Lipinski definition) is 0. The first-order valence-corrected chi connectivity index (χ1v) is 8.11. The summed E-state index contributed by atoms with van der Waals surface area (Å²) in [5.74, 6) is -0.403. The lowest BCUT2D eigenvalue weighted by Crippen LogP contribution is -2.02. The molecule has 0 atom stereocenters. The molecule has 0 N–H and O–H groups in total. The summed E-state index contributed by atoms with van der Waals surface area (Å²) in [5, 5.41) is -0.401. The minimum Gasteiger partial charge on any atom is -0.284 e. The zero-order valence-corrected chi connectivity index (χ0v) is 13.0. The molecule has 3 aromatic carbocycles. The summed E-state index contributed by atoms with van der Waals surface area (Å²) in [6, 6.07) is 23.7. The fourth-order valence-electron chi connectivity index (χ4n) is 2.79. The van der Waals surface area contributed by atoms with Crippen molar-refractivity contribution in [1.82, 2.24) is 0 Å². The summed E-state index contributed by atoms with van der Waals surface area (Å²) in [4.78, 5) is 24.8. The quantitative estimate of drug-likeness (QED) is 0.635. The van der Waals surface area contributed by atoms with Crippen molar-refractivity contribution in [1.29, 1.82) is 0 Å². The van der Waals surface area contributed by atoms with Gasteiger partial charge in [0.25, 0.3) is 5.12 Å². The Morgan fingerprint density at radius 2 is 1.17 bits per heavy atom. The maximum atomic E-state index is 12.2. The van der Waals surface area contributed by atoms with Crippen molar-refractivity contribution >= 4 is 22.7 Å². The molecule has 0 fully saturated rings. The van der Waals surface area contributed by atoms with E-state index in [0.717, 1.165) is 38.9 Å². The van der Waals surface area contributed by atoms with E-state index in [2.05, 4.69) is 6.07 Å². The minimum absolute atomic E-state index is 0.401. The third-order valence-electron chi connectivity index (χ3n) is 3.91. The molecule has 0 aromatic heterocycles. The summed E-state index contributed by atoms with van der Waals surface area (Å²) in [6.07, 6.45) is 0. The van der Waals surface area contributed by atoms with Crippen LogP contribution in [0.5, 0.6) is 0 Å². The van der Waals surface area contributed by atoms with Crippen LogP contribution in [-0.4, -0.2) is 10.9 Å². The number of benzene rings is 3. The summed E-state index contributed by atoms with van der Waals surface area (Å²) >= 11 is 1.04. The van der Waals surface area contributed by atoms with Gasteiger partial charge in [-0.3, -0.25) is 9.59 Å². The molecule has 3 aromatic rings. The van der Waals surface area contributed by atoms with Crippen LogP contribution in [-0.2, 0) is 4.79 Å². The number of fused-ring (bicyclic) bond motifs is 1. The van der Waals surface area contributed by atoms with E-state index < -0.39 is 10.9 Å². The second kappa shape index (κ2) is 5.52. The van der Waals surface area contributed by atoms with Crippen molar-refractivity contribution in [3.8, 4) is 22.3 Å². The van der Waals surface area contributed by atoms with Crippen LogP contribution in [0.15, 0.2) is 77.7 Å². The van der Waals surface area contributed by atoms with Gasteiger partial charge in [0.1, 0.15) is 0 Å². The molecule has 0 radical (unpaired) electrons.